The van der Waals surface area contributed by atoms with Gasteiger partial charge in [-0.15, -0.1) is 0 Å². The molecule has 0 aromatic carbocycles. The van der Waals surface area contributed by atoms with Crippen LogP contribution in [0.15, 0.2) is 36.5 Å². The number of rotatable bonds is 23. The summed E-state index contributed by atoms with van der Waals surface area (Å²) in [6.45, 7) is 2.54. The second-order valence-electron chi connectivity index (χ2n) is 8.84. The largest absolute Gasteiger partial charge is 0.396 e. The van der Waals surface area contributed by atoms with Gasteiger partial charge in [-0.1, -0.05) is 101 Å². The summed E-state index contributed by atoms with van der Waals surface area (Å²) in [6, 6.07) is 0. The minimum absolute atomic E-state index is 0.167. The van der Waals surface area contributed by atoms with E-state index >= 15 is 0 Å². The van der Waals surface area contributed by atoms with Crippen LogP contribution in [0.5, 0.6) is 0 Å². The predicted octanol–water partition coefficient (Wildman–Crippen LogP) is 7.79. The fraction of sp³-hybridized carbons (Fsp3) is 0.750. The first-order chi connectivity index (χ1) is 15.2. The summed E-state index contributed by atoms with van der Waals surface area (Å²) in [5.74, 6) is 0.315. The lowest BCUT2D eigenvalue weighted by atomic mass is 9.97. The lowest BCUT2D eigenvalue weighted by Gasteiger charge is -2.11. The summed E-state index contributed by atoms with van der Waals surface area (Å²) in [6.07, 6.45) is 34.5. The molecule has 3 heteroatoms. The molecule has 0 rings (SSSR count). The van der Waals surface area contributed by atoms with Gasteiger partial charge in [0.1, 0.15) is 0 Å². The average Bonchev–Trinajstić information content (AvgIpc) is 2.76. The molecule has 0 saturated carbocycles. The Hall–Kier alpha value is -1.35. The molecule has 0 fully saturated rings. The van der Waals surface area contributed by atoms with E-state index < -0.39 is 0 Å². The zero-order valence-electron chi connectivity index (χ0n) is 20.4. The molecule has 0 radical (unpaired) electrons. The maximum Gasteiger partial charge on any atom is 0.217 e. The van der Waals surface area contributed by atoms with Crippen molar-refractivity contribution in [1.82, 2.24) is 0 Å². The Kier molecular flexibility index (Phi) is 23.8. The van der Waals surface area contributed by atoms with Gasteiger partial charge in [0.15, 0.2) is 0 Å². The minimum atomic E-state index is -0.167. The molecule has 0 spiro atoms. The van der Waals surface area contributed by atoms with Gasteiger partial charge in [0.05, 0.1) is 0 Å². The van der Waals surface area contributed by atoms with Crippen molar-refractivity contribution in [1.29, 1.82) is 0 Å². The van der Waals surface area contributed by atoms with Crippen molar-refractivity contribution in [3.8, 4) is 0 Å². The number of amides is 1. The minimum Gasteiger partial charge on any atom is -0.396 e. The summed E-state index contributed by atoms with van der Waals surface area (Å²) in [7, 11) is 0. The van der Waals surface area contributed by atoms with E-state index in [0.717, 1.165) is 44.9 Å². The van der Waals surface area contributed by atoms with Gasteiger partial charge in [0.2, 0.25) is 5.91 Å². The van der Waals surface area contributed by atoms with Crippen molar-refractivity contribution < 1.29 is 9.90 Å². The monoisotopic (exact) mass is 433 g/mol. The summed E-state index contributed by atoms with van der Waals surface area (Å²) in [4.78, 5) is 10.6. The third-order valence-electron chi connectivity index (χ3n) is 5.80. The molecule has 180 valence electrons. The predicted molar refractivity (Wildman–Crippen MR) is 136 cm³/mol. The van der Waals surface area contributed by atoms with E-state index in [2.05, 4.69) is 43.4 Å². The van der Waals surface area contributed by atoms with Crippen LogP contribution in [0.2, 0.25) is 0 Å². The summed E-state index contributed by atoms with van der Waals surface area (Å²) >= 11 is 0. The van der Waals surface area contributed by atoms with Gasteiger partial charge in [-0.05, 0) is 57.3 Å². The molecule has 3 N–H and O–H groups in total. The second-order valence-corrected chi connectivity index (χ2v) is 8.84. The van der Waals surface area contributed by atoms with Gasteiger partial charge in [-0.25, -0.2) is 0 Å². The van der Waals surface area contributed by atoms with Crippen molar-refractivity contribution in [2.45, 2.75) is 122 Å². The number of nitrogens with two attached hydrogens (primary N) is 1. The highest BCUT2D eigenvalue weighted by Gasteiger charge is 2.04. The molecular weight excluding hydrogens is 382 g/mol. The first kappa shape index (κ1) is 29.7. The highest BCUT2D eigenvalue weighted by atomic mass is 16.3. The van der Waals surface area contributed by atoms with E-state index in [1.165, 1.54) is 64.2 Å². The molecule has 31 heavy (non-hydrogen) atoms. The normalized spacial score (nSPS) is 13.1. The van der Waals surface area contributed by atoms with E-state index in [-0.39, 0.29) is 5.91 Å². The van der Waals surface area contributed by atoms with Crippen LogP contribution in [0.4, 0.5) is 0 Å². The molecule has 3 nitrogen and oxygen atoms in total. The molecule has 0 aliphatic carbocycles. The fourth-order valence-corrected chi connectivity index (χ4v) is 3.73. The van der Waals surface area contributed by atoms with Crippen LogP contribution in [0.3, 0.4) is 0 Å². The number of carbonyl (C=O) groups excluding carboxylic acids is 1. The van der Waals surface area contributed by atoms with Gasteiger partial charge < -0.3 is 10.8 Å². The van der Waals surface area contributed by atoms with Crippen LogP contribution in [0.1, 0.15) is 122 Å². The Morgan fingerprint density at radius 1 is 0.710 bits per heavy atom. The highest BCUT2D eigenvalue weighted by molar-refractivity contribution is 5.73. The van der Waals surface area contributed by atoms with Crippen LogP contribution in [0.25, 0.3) is 0 Å². The molecule has 1 atom stereocenters. The SMILES string of the molecule is CCCCC(CO)CC/C=C\C/C=C\C/C=C\CCCCCCCCCCCC(N)=O. The maximum atomic E-state index is 10.6. The Morgan fingerprint density at radius 2 is 1.23 bits per heavy atom. The standard InChI is InChI=1S/C28H51NO2/c1-2-3-23-27(26-30)24-21-19-17-15-13-11-9-7-5-4-6-8-10-12-14-16-18-20-22-25-28(29)31/h5,7,11,13,17,19,27,30H,2-4,6,8-10,12,14-16,18,20-26H2,1H3,(H2,29,31)/b7-5-,13-11-,19-17-. The molecule has 1 amide bonds. The number of aliphatic hydroxyl groups is 1. The summed E-state index contributed by atoms with van der Waals surface area (Å²) < 4.78 is 0. The topological polar surface area (TPSA) is 63.3 Å². The second kappa shape index (κ2) is 24.9. The third kappa shape index (κ3) is 24.8. The maximum absolute atomic E-state index is 10.6. The van der Waals surface area contributed by atoms with E-state index in [1.54, 1.807) is 0 Å². The number of hydrogen-bond acceptors (Lipinski definition) is 2. The van der Waals surface area contributed by atoms with Crippen LogP contribution in [-0.2, 0) is 4.79 Å². The molecule has 0 aromatic heterocycles. The van der Waals surface area contributed by atoms with Crippen molar-refractivity contribution in [2.75, 3.05) is 6.61 Å². The highest BCUT2D eigenvalue weighted by Crippen LogP contribution is 2.14. The third-order valence-corrected chi connectivity index (χ3v) is 5.80. The number of allylic oxidation sites excluding steroid dienone is 6. The van der Waals surface area contributed by atoms with Gasteiger partial charge >= 0.3 is 0 Å². The number of aliphatic hydroxyl groups excluding tert-OH is 1. The van der Waals surface area contributed by atoms with Crippen LogP contribution in [0, 0.1) is 5.92 Å². The van der Waals surface area contributed by atoms with Crippen LogP contribution in [-0.4, -0.2) is 17.6 Å². The van der Waals surface area contributed by atoms with Crippen LogP contribution < -0.4 is 5.73 Å². The number of hydrogen-bond donors (Lipinski definition) is 2. The first-order valence-electron chi connectivity index (χ1n) is 13.0. The first-order valence-corrected chi connectivity index (χ1v) is 13.0. The van der Waals surface area contributed by atoms with E-state index in [1.807, 2.05) is 0 Å². The Morgan fingerprint density at radius 3 is 1.77 bits per heavy atom. The molecule has 0 aliphatic rings. The lowest BCUT2D eigenvalue weighted by Crippen LogP contribution is -2.09. The Labute approximate surface area is 193 Å². The van der Waals surface area contributed by atoms with Gasteiger partial charge in [-0.3, -0.25) is 4.79 Å². The number of primary amides is 1. The fourth-order valence-electron chi connectivity index (χ4n) is 3.73. The molecule has 0 bridgehead atoms. The zero-order valence-corrected chi connectivity index (χ0v) is 20.4. The summed E-state index contributed by atoms with van der Waals surface area (Å²) in [5.41, 5.74) is 5.14. The van der Waals surface area contributed by atoms with Gasteiger partial charge in [-0.2, -0.15) is 0 Å². The van der Waals surface area contributed by atoms with Crippen molar-refractivity contribution in [3.63, 3.8) is 0 Å². The molecule has 0 aliphatic heterocycles. The van der Waals surface area contributed by atoms with Crippen molar-refractivity contribution >= 4 is 5.91 Å². The smallest absolute Gasteiger partial charge is 0.217 e. The Bertz CT molecular complexity index is 468. The zero-order chi connectivity index (χ0) is 22.8. The van der Waals surface area contributed by atoms with Crippen LogP contribution >= 0.6 is 0 Å². The molecule has 0 aromatic rings. The molecular formula is C28H51NO2. The quantitative estimate of drug-likeness (QED) is 0.128. The van der Waals surface area contributed by atoms with Gasteiger partial charge in [0, 0.05) is 13.0 Å². The average molecular weight is 434 g/mol. The number of carbonyl (C=O) groups is 1. The van der Waals surface area contributed by atoms with Gasteiger partial charge in [0.25, 0.3) is 0 Å². The van der Waals surface area contributed by atoms with E-state index in [0.29, 0.717) is 18.9 Å². The molecule has 1 unspecified atom stereocenters. The number of unbranched alkanes of at least 4 members (excludes halogenated alkanes) is 10. The van der Waals surface area contributed by atoms with Crippen molar-refractivity contribution in [3.05, 3.63) is 36.5 Å². The van der Waals surface area contributed by atoms with E-state index in [9.17, 15) is 9.90 Å². The molecule has 0 saturated heterocycles. The molecule has 0 heterocycles. The van der Waals surface area contributed by atoms with E-state index in [4.69, 9.17) is 5.73 Å². The summed E-state index contributed by atoms with van der Waals surface area (Å²) in [5, 5.41) is 9.37. The Balaban J connectivity index is 3.37. The lowest BCUT2D eigenvalue weighted by molar-refractivity contribution is -0.118. The van der Waals surface area contributed by atoms with Crippen molar-refractivity contribution in [2.24, 2.45) is 11.7 Å².